The van der Waals surface area contributed by atoms with E-state index >= 15 is 0 Å². The van der Waals surface area contributed by atoms with Crippen LogP contribution in [0, 0.1) is 0 Å². The van der Waals surface area contributed by atoms with E-state index in [0.717, 1.165) is 0 Å². The Morgan fingerprint density at radius 2 is 1.78 bits per heavy atom. The highest BCUT2D eigenvalue weighted by Gasteiger charge is 2.20. The molecule has 0 unspecified atom stereocenters. The molecule has 2 amide bonds. The van der Waals surface area contributed by atoms with E-state index in [1.54, 1.807) is 55.6 Å². The SMILES string of the molecule is COc1ccc(NC(=O)c2[nH]nc(NC(=O)c3ccccc3Cl)c2Br)cc1. The van der Waals surface area contributed by atoms with Crippen LogP contribution in [0.5, 0.6) is 5.75 Å². The Morgan fingerprint density at radius 3 is 2.44 bits per heavy atom. The third-order valence-electron chi connectivity index (χ3n) is 3.63. The molecule has 0 radical (unpaired) electrons. The van der Waals surface area contributed by atoms with Gasteiger partial charge in [-0.05, 0) is 52.3 Å². The van der Waals surface area contributed by atoms with Crippen molar-refractivity contribution in [1.82, 2.24) is 10.2 Å². The van der Waals surface area contributed by atoms with Crippen LogP contribution in [0.2, 0.25) is 5.02 Å². The molecule has 0 spiro atoms. The van der Waals surface area contributed by atoms with Gasteiger partial charge in [0.1, 0.15) is 11.4 Å². The van der Waals surface area contributed by atoms with Crippen LogP contribution in [0.3, 0.4) is 0 Å². The minimum Gasteiger partial charge on any atom is -0.497 e. The maximum atomic E-state index is 12.4. The second kappa shape index (κ2) is 8.24. The van der Waals surface area contributed by atoms with Gasteiger partial charge in [-0.15, -0.1) is 0 Å². The van der Waals surface area contributed by atoms with Crippen LogP contribution in [-0.2, 0) is 0 Å². The summed E-state index contributed by atoms with van der Waals surface area (Å²) in [4.78, 5) is 24.8. The Labute approximate surface area is 168 Å². The van der Waals surface area contributed by atoms with Crippen LogP contribution in [-0.4, -0.2) is 29.1 Å². The third-order valence-corrected chi connectivity index (χ3v) is 4.73. The first kappa shape index (κ1) is 18.9. The minimum absolute atomic E-state index is 0.167. The van der Waals surface area contributed by atoms with E-state index < -0.39 is 11.8 Å². The van der Waals surface area contributed by atoms with Gasteiger partial charge in [0.2, 0.25) is 0 Å². The highest BCUT2D eigenvalue weighted by Crippen LogP contribution is 2.26. The first-order valence-corrected chi connectivity index (χ1v) is 8.92. The number of nitrogens with zero attached hydrogens (tertiary/aromatic N) is 1. The molecule has 7 nitrogen and oxygen atoms in total. The number of carbonyl (C=O) groups excluding carboxylic acids is 2. The van der Waals surface area contributed by atoms with E-state index in [2.05, 4.69) is 36.8 Å². The van der Waals surface area contributed by atoms with Gasteiger partial charge >= 0.3 is 0 Å². The fraction of sp³-hybridized carbons (Fsp3) is 0.0556. The molecule has 3 rings (SSSR count). The van der Waals surface area contributed by atoms with Crippen molar-refractivity contribution in [2.45, 2.75) is 0 Å². The summed E-state index contributed by atoms with van der Waals surface area (Å²) in [5.74, 6) is 0.00721. The van der Waals surface area contributed by atoms with Gasteiger partial charge < -0.3 is 15.4 Å². The molecule has 9 heteroatoms. The molecule has 138 valence electrons. The third kappa shape index (κ3) is 4.29. The number of methoxy groups -OCH3 is 1. The lowest BCUT2D eigenvalue weighted by molar-refractivity contribution is 0.101. The van der Waals surface area contributed by atoms with Crippen LogP contribution in [0.25, 0.3) is 0 Å². The number of H-pyrrole nitrogens is 1. The first-order chi connectivity index (χ1) is 13.0. The van der Waals surface area contributed by atoms with Gasteiger partial charge in [-0.3, -0.25) is 14.7 Å². The number of carbonyl (C=O) groups is 2. The normalized spacial score (nSPS) is 10.3. The van der Waals surface area contributed by atoms with Crippen molar-refractivity contribution >= 4 is 50.9 Å². The number of aromatic nitrogens is 2. The topological polar surface area (TPSA) is 96.1 Å². The zero-order chi connectivity index (χ0) is 19.4. The predicted molar refractivity (Wildman–Crippen MR) is 107 cm³/mol. The summed E-state index contributed by atoms with van der Waals surface area (Å²) in [5, 5.41) is 12.2. The van der Waals surface area contributed by atoms with Gasteiger partial charge in [-0.25, -0.2) is 0 Å². The number of amides is 2. The summed E-state index contributed by atoms with van der Waals surface area (Å²) in [7, 11) is 1.56. The second-order valence-electron chi connectivity index (χ2n) is 5.38. The minimum atomic E-state index is -0.435. The Balaban J connectivity index is 1.73. The van der Waals surface area contributed by atoms with E-state index in [4.69, 9.17) is 16.3 Å². The molecule has 3 N–H and O–H groups in total. The average Bonchev–Trinajstić information content (AvgIpc) is 3.03. The summed E-state index contributed by atoms with van der Waals surface area (Å²) in [6.07, 6.45) is 0. The predicted octanol–water partition coefficient (Wildman–Crippen LogP) is 4.34. The zero-order valence-corrected chi connectivity index (χ0v) is 16.4. The number of nitrogens with one attached hydrogen (secondary N) is 3. The van der Waals surface area contributed by atoms with E-state index in [0.29, 0.717) is 26.5 Å². The Kier molecular flexibility index (Phi) is 5.78. The van der Waals surface area contributed by atoms with Crippen LogP contribution in [0.15, 0.2) is 53.0 Å². The van der Waals surface area contributed by atoms with Crippen molar-refractivity contribution in [3.05, 3.63) is 69.3 Å². The molecule has 1 aromatic heterocycles. The van der Waals surface area contributed by atoms with Crippen molar-refractivity contribution in [2.75, 3.05) is 17.7 Å². The standard InChI is InChI=1S/C18H14BrClN4O3/c1-27-11-8-6-10(7-9-11)21-18(26)15-14(19)16(24-23-15)22-17(25)12-4-2-3-5-13(12)20/h2-9H,1H3,(H,21,26)(H2,22,23,24,25). The molecule has 0 aliphatic carbocycles. The largest absolute Gasteiger partial charge is 0.497 e. The lowest BCUT2D eigenvalue weighted by Gasteiger charge is -2.06. The molecule has 0 bridgehead atoms. The number of benzene rings is 2. The molecule has 0 fully saturated rings. The Morgan fingerprint density at radius 1 is 1.07 bits per heavy atom. The number of rotatable bonds is 5. The average molecular weight is 450 g/mol. The maximum Gasteiger partial charge on any atom is 0.274 e. The smallest absolute Gasteiger partial charge is 0.274 e. The lowest BCUT2D eigenvalue weighted by Crippen LogP contribution is -2.14. The van der Waals surface area contributed by atoms with Gasteiger partial charge in [-0.2, -0.15) is 5.10 Å². The summed E-state index contributed by atoms with van der Waals surface area (Å²) in [5.41, 5.74) is 1.06. The molecular weight excluding hydrogens is 436 g/mol. The lowest BCUT2D eigenvalue weighted by atomic mass is 10.2. The van der Waals surface area contributed by atoms with Gasteiger partial charge in [0.15, 0.2) is 5.82 Å². The van der Waals surface area contributed by atoms with Crippen molar-refractivity contribution in [2.24, 2.45) is 0 Å². The number of anilines is 2. The summed E-state index contributed by atoms with van der Waals surface area (Å²) in [6, 6.07) is 13.5. The molecule has 2 aromatic carbocycles. The number of hydrogen-bond acceptors (Lipinski definition) is 4. The molecule has 0 aliphatic heterocycles. The zero-order valence-electron chi connectivity index (χ0n) is 14.0. The quantitative estimate of drug-likeness (QED) is 0.540. The Bertz CT molecular complexity index is 989. The van der Waals surface area contributed by atoms with Gasteiger partial charge in [0.05, 0.1) is 22.2 Å². The fourth-order valence-electron chi connectivity index (χ4n) is 2.25. The monoisotopic (exact) mass is 448 g/mol. The van der Waals surface area contributed by atoms with Crippen LogP contribution < -0.4 is 15.4 Å². The number of hydrogen-bond donors (Lipinski definition) is 3. The summed E-state index contributed by atoms with van der Waals surface area (Å²) in [6.45, 7) is 0. The van der Waals surface area contributed by atoms with Crippen LogP contribution in [0.1, 0.15) is 20.8 Å². The summed E-state index contributed by atoms with van der Waals surface area (Å²) >= 11 is 9.30. The van der Waals surface area contributed by atoms with Crippen molar-refractivity contribution < 1.29 is 14.3 Å². The van der Waals surface area contributed by atoms with E-state index in [9.17, 15) is 9.59 Å². The fourth-order valence-corrected chi connectivity index (χ4v) is 2.93. The second-order valence-corrected chi connectivity index (χ2v) is 6.58. The molecule has 0 atom stereocenters. The highest BCUT2D eigenvalue weighted by atomic mass is 79.9. The molecule has 27 heavy (non-hydrogen) atoms. The van der Waals surface area contributed by atoms with Gasteiger partial charge in [0, 0.05) is 5.69 Å². The summed E-state index contributed by atoms with van der Waals surface area (Å²) < 4.78 is 5.40. The molecule has 3 aromatic rings. The van der Waals surface area contributed by atoms with E-state index in [-0.39, 0.29) is 11.5 Å². The van der Waals surface area contributed by atoms with Crippen molar-refractivity contribution in [3.8, 4) is 5.75 Å². The van der Waals surface area contributed by atoms with Gasteiger partial charge in [0.25, 0.3) is 11.8 Å². The highest BCUT2D eigenvalue weighted by molar-refractivity contribution is 9.10. The van der Waals surface area contributed by atoms with E-state index in [1.807, 2.05) is 0 Å². The van der Waals surface area contributed by atoms with Crippen LogP contribution >= 0.6 is 27.5 Å². The molecule has 0 saturated carbocycles. The maximum absolute atomic E-state index is 12.4. The molecule has 0 aliphatic rings. The van der Waals surface area contributed by atoms with Crippen molar-refractivity contribution in [1.29, 1.82) is 0 Å². The molecular formula is C18H14BrClN4O3. The molecule has 1 heterocycles. The first-order valence-electron chi connectivity index (χ1n) is 7.74. The van der Waals surface area contributed by atoms with Crippen molar-refractivity contribution in [3.63, 3.8) is 0 Å². The Hall–Kier alpha value is -2.84. The number of ether oxygens (including phenoxy) is 1. The number of aromatic amines is 1. The van der Waals surface area contributed by atoms with Gasteiger partial charge in [-0.1, -0.05) is 23.7 Å². The molecule has 0 saturated heterocycles. The van der Waals surface area contributed by atoms with Crippen LogP contribution in [0.4, 0.5) is 11.5 Å². The number of halogens is 2. The van der Waals surface area contributed by atoms with E-state index in [1.165, 1.54) is 0 Å².